The van der Waals surface area contributed by atoms with Crippen molar-refractivity contribution in [2.45, 2.75) is 12.3 Å². The number of carbonyl (C=O) groups is 2. The molecule has 6 nitrogen and oxygen atoms in total. The zero-order valence-electron chi connectivity index (χ0n) is 13.9. The molecule has 2 N–H and O–H groups in total. The number of hydrogen-bond donors (Lipinski definition) is 2. The van der Waals surface area contributed by atoms with Crippen molar-refractivity contribution in [3.63, 3.8) is 0 Å². The SMILES string of the molecule is O=C(O)COc1ccccc1[C@H]1Nc2ccccc2C(=O)N1CC(F)(F)F. The minimum absolute atomic E-state index is 0.0803. The first kappa shape index (κ1) is 18.6. The minimum atomic E-state index is -4.61. The number of nitrogens with zero attached hydrogens (tertiary/aromatic N) is 1. The van der Waals surface area contributed by atoms with Crippen LogP contribution < -0.4 is 10.1 Å². The van der Waals surface area contributed by atoms with E-state index < -0.39 is 37.4 Å². The van der Waals surface area contributed by atoms with E-state index in [1.54, 1.807) is 30.3 Å². The third kappa shape index (κ3) is 4.13. The Kier molecular flexibility index (Phi) is 4.93. The molecular formula is C18H15F3N2O4. The Morgan fingerprint density at radius 1 is 1.15 bits per heavy atom. The molecule has 142 valence electrons. The van der Waals surface area contributed by atoms with Gasteiger partial charge in [0, 0.05) is 11.3 Å². The van der Waals surface area contributed by atoms with Crippen molar-refractivity contribution in [1.29, 1.82) is 0 Å². The van der Waals surface area contributed by atoms with E-state index in [1.807, 2.05) is 0 Å². The van der Waals surface area contributed by atoms with E-state index in [-0.39, 0.29) is 16.9 Å². The fraction of sp³-hybridized carbons (Fsp3) is 0.222. The normalized spacial score (nSPS) is 16.5. The topological polar surface area (TPSA) is 78.9 Å². The largest absolute Gasteiger partial charge is 0.481 e. The number of benzene rings is 2. The Hall–Kier alpha value is -3.23. The lowest BCUT2D eigenvalue weighted by molar-refractivity contribution is -0.144. The number of fused-ring (bicyclic) bond motifs is 1. The van der Waals surface area contributed by atoms with Gasteiger partial charge in [-0.2, -0.15) is 13.2 Å². The van der Waals surface area contributed by atoms with E-state index in [1.165, 1.54) is 18.2 Å². The van der Waals surface area contributed by atoms with Gasteiger partial charge in [0.15, 0.2) is 6.61 Å². The number of carboxylic acid groups (broad SMARTS) is 1. The molecule has 9 heteroatoms. The third-order valence-electron chi connectivity index (χ3n) is 3.94. The molecule has 1 atom stereocenters. The summed E-state index contributed by atoms with van der Waals surface area (Å²) in [5.74, 6) is -1.92. The summed E-state index contributed by atoms with van der Waals surface area (Å²) in [5, 5.41) is 11.7. The average molecular weight is 380 g/mol. The fourth-order valence-electron chi connectivity index (χ4n) is 2.87. The monoisotopic (exact) mass is 380 g/mol. The molecular weight excluding hydrogens is 365 g/mol. The Labute approximate surface area is 152 Å². The Morgan fingerprint density at radius 2 is 1.81 bits per heavy atom. The lowest BCUT2D eigenvalue weighted by Gasteiger charge is -2.38. The van der Waals surface area contributed by atoms with Crippen molar-refractivity contribution in [3.8, 4) is 5.75 Å². The maximum Gasteiger partial charge on any atom is 0.406 e. The molecule has 1 amide bonds. The van der Waals surface area contributed by atoms with Gasteiger partial charge >= 0.3 is 12.1 Å². The van der Waals surface area contributed by atoms with Crippen molar-refractivity contribution >= 4 is 17.6 Å². The number of para-hydroxylation sites is 2. The highest BCUT2D eigenvalue weighted by atomic mass is 19.4. The maximum atomic E-state index is 13.1. The van der Waals surface area contributed by atoms with Crippen LogP contribution in [0.3, 0.4) is 0 Å². The molecule has 0 spiro atoms. The first-order chi connectivity index (χ1) is 12.8. The molecule has 1 heterocycles. The smallest absolute Gasteiger partial charge is 0.406 e. The van der Waals surface area contributed by atoms with Crippen LogP contribution in [0.5, 0.6) is 5.75 Å². The van der Waals surface area contributed by atoms with Gasteiger partial charge in [-0.3, -0.25) is 4.79 Å². The molecule has 2 aromatic rings. The van der Waals surface area contributed by atoms with Crippen LogP contribution in [0.4, 0.5) is 18.9 Å². The van der Waals surface area contributed by atoms with E-state index in [0.29, 0.717) is 10.6 Å². The van der Waals surface area contributed by atoms with Crippen molar-refractivity contribution in [3.05, 3.63) is 59.7 Å². The summed E-state index contributed by atoms with van der Waals surface area (Å²) in [4.78, 5) is 24.1. The highest BCUT2D eigenvalue weighted by Gasteiger charge is 2.41. The van der Waals surface area contributed by atoms with Crippen LogP contribution in [-0.2, 0) is 4.79 Å². The summed E-state index contributed by atoms with van der Waals surface area (Å²) in [7, 11) is 0. The minimum Gasteiger partial charge on any atom is -0.481 e. The van der Waals surface area contributed by atoms with Crippen molar-refractivity contribution in [2.75, 3.05) is 18.5 Å². The molecule has 1 aliphatic rings. The van der Waals surface area contributed by atoms with Gasteiger partial charge in [0.2, 0.25) is 0 Å². The predicted octanol–water partition coefficient (Wildman–Crippen LogP) is 3.28. The quantitative estimate of drug-likeness (QED) is 0.832. The molecule has 0 aromatic heterocycles. The molecule has 0 radical (unpaired) electrons. The number of halogens is 3. The van der Waals surface area contributed by atoms with Gasteiger partial charge in [0.25, 0.3) is 5.91 Å². The summed E-state index contributed by atoms with van der Waals surface area (Å²) in [6.07, 6.45) is -5.78. The molecule has 1 aliphatic heterocycles. The highest BCUT2D eigenvalue weighted by molar-refractivity contribution is 6.01. The van der Waals surface area contributed by atoms with Gasteiger partial charge in [-0.05, 0) is 18.2 Å². The van der Waals surface area contributed by atoms with E-state index in [2.05, 4.69) is 5.32 Å². The van der Waals surface area contributed by atoms with E-state index in [0.717, 1.165) is 0 Å². The number of anilines is 1. The molecule has 3 rings (SSSR count). The zero-order chi connectivity index (χ0) is 19.6. The number of aliphatic carboxylic acids is 1. The molecule has 2 aromatic carbocycles. The highest BCUT2D eigenvalue weighted by Crippen LogP contribution is 2.38. The fourth-order valence-corrected chi connectivity index (χ4v) is 2.87. The van der Waals surface area contributed by atoms with Gasteiger partial charge < -0.3 is 20.1 Å². The summed E-state index contributed by atoms with van der Waals surface area (Å²) >= 11 is 0. The zero-order valence-corrected chi connectivity index (χ0v) is 13.9. The van der Waals surface area contributed by atoms with Crippen LogP contribution in [0, 0.1) is 0 Å². The first-order valence-electron chi connectivity index (χ1n) is 7.93. The van der Waals surface area contributed by atoms with Crippen molar-refractivity contribution in [1.82, 2.24) is 4.90 Å². The molecule has 0 aliphatic carbocycles. The molecule has 0 saturated carbocycles. The van der Waals surface area contributed by atoms with Crippen LogP contribution in [0.25, 0.3) is 0 Å². The van der Waals surface area contributed by atoms with Gasteiger partial charge in [0.05, 0.1) is 5.56 Å². The number of rotatable bonds is 5. The van der Waals surface area contributed by atoms with E-state index >= 15 is 0 Å². The number of carbonyl (C=O) groups excluding carboxylic acids is 1. The Morgan fingerprint density at radius 3 is 2.52 bits per heavy atom. The molecule has 0 saturated heterocycles. The Bertz CT molecular complexity index is 870. The molecule has 27 heavy (non-hydrogen) atoms. The lowest BCUT2D eigenvalue weighted by atomic mass is 10.0. The number of alkyl halides is 3. The van der Waals surface area contributed by atoms with E-state index in [4.69, 9.17) is 9.84 Å². The summed E-state index contributed by atoms with van der Waals surface area (Å²) < 4.78 is 44.5. The number of amides is 1. The summed E-state index contributed by atoms with van der Waals surface area (Å²) in [5.41, 5.74) is 0.742. The molecule has 0 bridgehead atoms. The van der Waals surface area contributed by atoms with Gasteiger partial charge in [-0.15, -0.1) is 0 Å². The van der Waals surface area contributed by atoms with Gasteiger partial charge in [0.1, 0.15) is 18.5 Å². The number of hydrogen-bond acceptors (Lipinski definition) is 4. The number of carboxylic acids is 1. The maximum absolute atomic E-state index is 13.1. The van der Waals surface area contributed by atoms with Gasteiger partial charge in [-0.1, -0.05) is 30.3 Å². The second-order valence-corrected chi connectivity index (χ2v) is 5.86. The second kappa shape index (κ2) is 7.18. The van der Waals surface area contributed by atoms with Crippen LogP contribution in [0.1, 0.15) is 22.1 Å². The van der Waals surface area contributed by atoms with E-state index in [9.17, 15) is 22.8 Å². The second-order valence-electron chi connectivity index (χ2n) is 5.86. The summed E-state index contributed by atoms with van der Waals surface area (Å²) in [6.45, 7) is -2.13. The van der Waals surface area contributed by atoms with Crippen molar-refractivity contribution in [2.24, 2.45) is 0 Å². The average Bonchev–Trinajstić information content (AvgIpc) is 2.61. The van der Waals surface area contributed by atoms with Crippen molar-refractivity contribution < 1.29 is 32.6 Å². The number of nitrogens with one attached hydrogen (secondary N) is 1. The lowest BCUT2D eigenvalue weighted by Crippen LogP contribution is -2.47. The molecule has 0 fully saturated rings. The standard InChI is InChI=1S/C18H15F3N2O4/c19-18(20,21)10-23-16(22-13-7-3-1-5-11(13)17(23)26)12-6-2-4-8-14(12)27-9-15(24)25/h1-8,16,22H,9-10H2,(H,24,25)/t16-/m0/s1. The summed E-state index contributed by atoms with van der Waals surface area (Å²) in [6, 6.07) is 12.3. The van der Waals surface area contributed by atoms with Crippen LogP contribution in [-0.4, -0.2) is 41.2 Å². The molecule has 0 unspecified atom stereocenters. The number of ether oxygens (including phenoxy) is 1. The third-order valence-corrected chi connectivity index (χ3v) is 3.94. The Balaban J connectivity index is 2.04. The van der Waals surface area contributed by atoms with Gasteiger partial charge in [-0.25, -0.2) is 4.79 Å². The van der Waals surface area contributed by atoms with Crippen LogP contribution >= 0.6 is 0 Å². The predicted molar refractivity (Wildman–Crippen MR) is 89.5 cm³/mol. The first-order valence-corrected chi connectivity index (χ1v) is 7.93. The van der Waals surface area contributed by atoms with Crippen LogP contribution in [0.2, 0.25) is 0 Å². The van der Waals surface area contributed by atoms with Crippen LogP contribution in [0.15, 0.2) is 48.5 Å².